The second-order valence-corrected chi connectivity index (χ2v) is 6.18. The van der Waals surface area contributed by atoms with Crippen LogP contribution in [0, 0.1) is 13.8 Å². The normalized spacial score (nSPS) is 14.9. The van der Waals surface area contributed by atoms with Crippen LogP contribution in [-0.4, -0.2) is 15.8 Å². The Kier molecular flexibility index (Phi) is 3.46. The maximum Gasteiger partial charge on any atom is 0.0694 e. The van der Waals surface area contributed by atoms with Crippen LogP contribution in [-0.2, 0) is 6.54 Å². The minimum atomic E-state index is 0.715. The lowest BCUT2D eigenvalue weighted by Gasteiger charge is -2.12. The van der Waals surface area contributed by atoms with Crippen molar-refractivity contribution in [2.45, 2.75) is 39.3 Å². The molecule has 3 rings (SSSR count). The molecule has 1 aliphatic rings. The summed E-state index contributed by atoms with van der Waals surface area (Å²) < 4.78 is 3.15. The molecule has 1 fully saturated rings. The third-order valence-corrected chi connectivity index (χ3v) is 3.93. The molecule has 1 N–H and O–H groups in total. The zero-order chi connectivity index (χ0) is 13.4. The van der Waals surface area contributed by atoms with E-state index in [-0.39, 0.29) is 0 Å². The van der Waals surface area contributed by atoms with Gasteiger partial charge in [0.2, 0.25) is 0 Å². The van der Waals surface area contributed by atoms with Gasteiger partial charge in [-0.2, -0.15) is 5.10 Å². The van der Waals surface area contributed by atoms with Crippen molar-refractivity contribution < 1.29 is 0 Å². The van der Waals surface area contributed by atoms with Gasteiger partial charge >= 0.3 is 0 Å². The zero-order valence-electron chi connectivity index (χ0n) is 11.3. The molecule has 0 amide bonds. The Labute approximate surface area is 122 Å². The van der Waals surface area contributed by atoms with Crippen molar-refractivity contribution >= 4 is 15.9 Å². The van der Waals surface area contributed by atoms with Gasteiger partial charge in [-0.1, -0.05) is 15.9 Å². The number of aryl methyl sites for hydroxylation is 2. The molecule has 1 aromatic carbocycles. The molecule has 1 aliphatic carbocycles. The highest BCUT2D eigenvalue weighted by Crippen LogP contribution is 2.24. The minimum absolute atomic E-state index is 0.715. The number of halogens is 1. The van der Waals surface area contributed by atoms with Gasteiger partial charge in [0, 0.05) is 22.8 Å². The molecule has 0 spiro atoms. The summed E-state index contributed by atoms with van der Waals surface area (Å²) in [6, 6.07) is 9.22. The molecule has 1 saturated carbocycles. The fraction of sp³-hybridized carbons (Fsp3) is 0.400. The predicted octanol–water partition coefficient (Wildman–Crippen LogP) is 3.50. The maximum absolute atomic E-state index is 4.59. The van der Waals surface area contributed by atoms with Crippen LogP contribution < -0.4 is 5.32 Å². The van der Waals surface area contributed by atoms with Crippen LogP contribution in [0.1, 0.15) is 29.8 Å². The molecule has 0 bridgehead atoms. The van der Waals surface area contributed by atoms with Gasteiger partial charge in [0.25, 0.3) is 0 Å². The third-order valence-electron chi connectivity index (χ3n) is 3.44. The summed E-state index contributed by atoms with van der Waals surface area (Å²) in [4.78, 5) is 0. The summed E-state index contributed by atoms with van der Waals surface area (Å²) in [5.41, 5.74) is 4.68. The molecule has 3 nitrogen and oxygen atoms in total. The summed E-state index contributed by atoms with van der Waals surface area (Å²) in [6.45, 7) is 5.03. The Morgan fingerprint density at radius 1 is 1.32 bits per heavy atom. The van der Waals surface area contributed by atoms with Crippen molar-refractivity contribution in [2.24, 2.45) is 0 Å². The van der Waals surface area contributed by atoms with E-state index in [4.69, 9.17) is 0 Å². The number of rotatable bonds is 4. The Hall–Kier alpha value is -1.13. The summed E-state index contributed by atoms with van der Waals surface area (Å²) in [5.74, 6) is 0. The molecule has 0 aliphatic heterocycles. The Bertz CT molecular complexity index is 599. The van der Waals surface area contributed by atoms with Crippen molar-refractivity contribution in [1.82, 2.24) is 15.1 Å². The molecule has 100 valence electrons. The Morgan fingerprint density at radius 3 is 2.74 bits per heavy atom. The summed E-state index contributed by atoms with van der Waals surface area (Å²) in [5, 5.41) is 8.16. The van der Waals surface area contributed by atoms with Gasteiger partial charge < -0.3 is 5.32 Å². The van der Waals surface area contributed by atoms with Crippen molar-refractivity contribution in [1.29, 1.82) is 0 Å². The highest BCUT2D eigenvalue weighted by Gasteiger charge is 2.21. The average Bonchev–Trinajstić information content (AvgIpc) is 3.12. The second-order valence-electron chi connectivity index (χ2n) is 5.27. The standard InChI is InChI=1S/C15H18BrN3/c1-10-7-11(2)19(18-10)15-6-3-13(16)8-12(15)9-17-14-4-5-14/h3,6-8,14,17H,4-5,9H2,1-2H3. The van der Waals surface area contributed by atoms with E-state index < -0.39 is 0 Å². The predicted molar refractivity (Wildman–Crippen MR) is 80.6 cm³/mol. The van der Waals surface area contributed by atoms with Crippen LogP contribution in [0.2, 0.25) is 0 Å². The first-order valence-electron chi connectivity index (χ1n) is 6.69. The van der Waals surface area contributed by atoms with Gasteiger partial charge in [0.1, 0.15) is 0 Å². The lowest BCUT2D eigenvalue weighted by molar-refractivity contribution is 0.679. The molecule has 1 aromatic heterocycles. The summed E-state index contributed by atoms with van der Waals surface area (Å²) in [6.07, 6.45) is 2.62. The molecule has 0 saturated heterocycles. The molecule has 0 unspecified atom stereocenters. The van der Waals surface area contributed by atoms with Gasteiger partial charge in [-0.3, -0.25) is 0 Å². The third kappa shape index (κ3) is 2.90. The van der Waals surface area contributed by atoms with Crippen molar-refractivity contribution in [3.63, 3.8) is 0 Å². The van der Waals surface area contributed by atoms with Crippen LogP contribution in [0.5, 0.6) is 0 Å². The van der Waals surface area contributed by atoms with Crippen molar-refractivity contribution in [3.05, 3.63) is 45.7 Å². The molecule has 19 heavy (non-hydrogen) atoms. The second kappa shape index (κ2) is 5.10. The van der Waals surface area contributed by atoms with Gasteiger partial charge in [-0.25, -0.2) is 4.68 Å². The van der Waals surface area contributed by atoms with Crippen molar-refractivity contribution in [3.8, 4) is 5.69 Å². The van der Waals surface area contributed by atoms with Crippen LogP contribution in [0.25, 0.3) is 5.69 Å². The van der Waals surface area contributed by atoms with E-state index >= 15 is 0 Å². The maximum atomic E-state index is 4.59. The topological polar surface area (TPSA) is 29.9 Å². The largest absolute Gasteiger partial charge is 0.310 e. The lowest BCUT2D eigenvalue weighted by atomic mass is 10.1. The molecule has 0 atom stereocenters. The van der Waals surface area contributed by atoms with E-state index in [1.807, 2.05) is 11.6 Å². The SMILES string of the molecule is Cc1cc(C)n(-c2ccc(Br)cc2CNC2CC2)n1. The van der Waals surface area contributed by atoms with E-state index in [1.165, 1.54) is 29.8 Å². The first-order valence-corrected chi connectivity index (χ1v) is 7.48. The average molecular weight is 320 g/mol. The van der Waals surface area contributed by atoms with Crippen LogP contribution in [0.4, 0.5) is 0 Å². The molecule has 0 radical (unpaired) electrons. The fourth-order valence-corrected chi connectivity index (χ4v) is 2.73. The first-order chi connectivity index (χ1) is 9.13. The smallest absolute Gasteiger partial charge is 0.0694 e. The van der Waals surface area contributed by atoms with Gasteiger partial charge in [0.15, 0.2) is 0 Å². The van der Waals surface area contributed by atoms with Crippen LogP contribution in [0.3, 0.4) is 0 Å². The fourth-order valence-electron chi connectivity index (χ4n) is 2.32. The highest BCUT2D eigenvalue weighted by atomic mass is 79.9. The van der Waals surface area contributed by atoms with E-state index in [0.717, 1.165) is 16.7 Å². The van der Waals surface area contributed by atoms with Gasteiger partial charge in [-0.15, -0.1) is 0 Å². The van der Waals surface area contributed by atoms with E-state index in [0.29, 0.717) is 6.04 Å². The monoisotopic (exact) mass is 319 g/mol. The summed E-state index contributed by atoms with van der Waals surface area (Å²) >= 11 is 3.56. The quantitative estimate of drug-likeness (QED) is 0.934. The van der Waals surface area contributed by atoms with Crippen molar-refractivity contribution in [2.75, 3.05) is 0 Å². The number of hydrogen-bond acceptors (Lipinski definition) is 2. The molecular formula is C15H18BrN3. The number of aromatic nitrogens is 2. The molecular weight excluding hydrogens is 302 g/mol. The minimum Gasteiger partial charge on any atom is -0.310 e. The highest BCUT2D eigenvalue weighted by molar-refractivity contribution is 9.10. The summed E-state index contributed by atoms with van der Waals surface area (Å²) in [7, 11) is 0. The molecule has 2 aromatic rings. The van der Waals surface area contributed by atoms with E-state index in [9.17, 15) is 0 Å². The lowest BCUT2D eigenvalue weighted by Crippen LogP contribution is -2.17. The Balaban J connectivity index is 1.96. The van der Waals surface area contributed by atoms with Crippen LogP contribution in [0.15, 0.2) is 28.7 Å². The van der Waals surface area contributed by atoms with E-state index in [2.05, 4.69) is 57.5 Å². The van der Waals surface area contributed by atoms with E-state index in [1.54, 1.807) is 0 Å². The van der Waals surface area contributed by atoms with Gasteiger partial charge in [0.05, 0.1) is 11.4 Å². The molecule has 4 heteroatoms. The Morgan fingerprint density at radius 2 is 2.11 bits per heavy atom. The first kappa shape index (κ1) is 12.9. The van der Waals surface area contributed by atoms with Crippen LogP contribution >= 0.6 is 15.9 Å². The molecule has 1 heterocycles. The number of nitrogens with zero attached hydrogens (tertiary/aromatic N) is 2. The number of benzene rings is 1. The number of nitrogens with one attached hydrogen (secondary N) is 1. The zero-order valence-corrected chi connectivity index (χ0v) is 12.9. The van der Waals surface area contributed by atoms with Gasteiger partial charge in [-0.05, 0) is 56.5 Å². The number of hydrogen-bond donors (Lipinski definition) is 1.